The van der Waals surface area contributed by atoms with Crippen molar-refractivity contribution in [3.05, 3.63) is 36.2 Å². The molecule has 0 aliphatic rings. The summed E-state index contributed by atoms with van der Waals surface area (Å²) in [7, 11) is 3.37. The van der Waals surface area contributed by atoms with Crippen molar-refractivity contribution in [3.8, 4) is 0 Å². The Kier molecular flexibility index (Phi) is 2.39. The zero-order valence-corrected chi connectivity index (χ0v) is 8.64. The largest absolute Gasteiger partial charge is 0.277 e. The van der Waals surface area contributed by atoms with Gasteiger partial charge in [0, 0.05) is 20.3 Å². The first-order chi connectivity index (χ1) is 7.24. The maximum atomic E-state index is 11.9. The topological polar surface area (TPSA) is 49.6 Å². The van der Waals surface area contributed by atoms with E-state index in [2.05, 4.69) is 10.5 Å². The van der Waals surface area contributed by atoms with Crippen molar-refractivity contribution < 1.29 is 4.79 Å². The van der Waals surface area contributed by atoms with Crippen molar-refractivity contribution in [2.75, 3.05) is 14.1 Å². The zero-order valence-electron chi connectivity index (χ0n) is 8.64. The molecule has 0 aromatic carbocycles. The summed E-state index contributed by atoms with van der Waals surface area (Å²) in [6.07, 6.45) is 3.39. The lowest BCUT2D eigenvalue weighted by molar-refractivity contribution is 0.0737. The van der Waals surface area contributed by atoms with Crippen LogP contribution in [0.2, 0.25) is 0 Å². The van der Waals surface area contributed by atoms with Crippen LogP contribution in [0.3, 0.4) is 0 Å². The first-order valence-electron chi connectivity index (χ1n) is 4.62. The molecule has 0 aliphatic carbocycles. The third kappa shape index (κ3) is 1.57. The summed E-state index contributed by atoms with van der Waals surface area (Å²) < 4.78 is 1.68. The van der Waals surface area contributed by atoms with Crippen LogP contribution in [0.25, 0.3) is 5.52 Å². The lowest BCUT2D eigenvalue weighted by atomic mass is 10.2. The van der Waals surface area contributed by atoms with E-state index in [4.69, 9.17) is 0 Å². The number of hydrazine groups is 1. The molecule has 15 heavy (non-hydrogen) atoms. The van der Waals surface area contributed by atoms with Gasteiger partial charge in [0.25, 0.3) is 5.91 Å². The first-order valence-corrected chi connectivity index (χ1v) is 4.62. The summed E-state index contributed by atoms with van der Waals surface area (Å²) in [6, 6.07) is 5.62. The molecule has 0 aliphatic heterocycles. The van der Waals surface area contributed by atoms with E-state index >= 15 is 0 Å². The van der Waals surface area contributed by atoms with Gasteiger partial charge in [0.1, 0.15) is 0 Å². The van der Waals surface area contributed by atoms with Gasteiger partial charge >= 0.3 is 0 Å². The minimum absolute atomic E-state index is 0.0984. The molecule has 5 heteroatoms. The zero-order chi connectivity index (χ0) is 10.8. The van der Waals surface area contributed by atoms with Crippen molar-refractivity contribution in [2.24, 2.45) is 0 Å². The Morgan fingerprint density at radius 1 is 1.53 bits per heavy atom. The molecular weight excluding hydrogens is 192 g/mol. The highest BCUT2D eigenvalue weighted by atomic mass is 16.2. The number of hydrogen-bond donors (Lipinski definition) is 1. The molecule has 0 saturated carbocycles. The molecule has 2 aromatic heterocycles. The predicted molar refractivity (Wildman–Crippen MR) is 56.3 cm³/mol. The third-order valence-corrected chi connectivity index (χ3v) is 2.30. The van der Waals surface area contributed by atoms with Crippen molar-refractivity contribution in [1.29, 1.82) is 0 Å². The number of nitrogens with one attached hydrogen (secondary N) is 1. The fraction of sp³-hybridized carbons (Fsp3) is 0.200. The van der Waals surface area contributed by atoms with E-state index in [-0.39, 0.29) is 5.91 Å². The standard InChI is InChI=1S/C10H12N4O/c1-11-13(2)10(15)8-7-12-14-6-4-3-5-9(8)14/h3-7,11H,1-2H3. The van der Waals surface area contributed by atoms with Crippen LogP contribution in [0.5, 0.6) is 0 Å². The number of rotatable bonds is 2. The van der Waals surface area contributed by atoms with Crippen LogP contribution in [0.4, 0.5) is 0 Å². The number of nitrogens with zero attached hydrogens (tertiary/aromatic N) is 3. The molecule has 0 saturated heterocycles. The maximum Gasteiger partial charge on any atom is 0.271 e. The minimum Gasteiger partial charge on any atom is -0.277 e. The Morgan fingerprint density at radius 2 is 2.33 bits per heavy atom. The predicted octanol–water partition coefficient (Wildman–Crippen LogP) is 0.541. The first kappa shape index (κ1) is 9.67. The molecule has 1 N–H and O–H groups in total. The van der Waals surface area contributed by atoms with E-state index in [0.29, 0.717) is 5.56 Å². The fourth-order valence-corrected chi connectivity index (χ4v) is 1.38. The Balaban J connectivity index is 2.48. The van der Waals surface area contributed by atoms with Gasteiger partial charge < -0.3 is 0 Å². The summed E-state index contributed by atoms with van der Waals surface area (Å²) >= 11 is 0. The number of hydrogen-bond acceptors (Lipinski definition) is 3. The molecule has 0 bridgehead atoms. The molecule has 0 unspecified atom stereocenters. The van der Waals surface area contributed by atoms with E-state index in [0.717, 1.165) is 5.52 Å². The summed E-state index contributed by atoms with van der Waals surface area (Å²) in [5.41, 5.74) is 4.16. The fourth-order valence-electron chi connectivity index (χ4n) is 1.38. The third-order valence-electron chi connectivity index (χ3n) is 2.30. The number of carbonyl (C=O) groups is 1. The molecule has 2 rings (SSSR count). The molecule has 5 nitrogen and oxygen atoms in total. The highest BCUT2D eigenvalue weighted by Crippen LogP contribution is 2.10. The number of fused-ring (bicyclic) bond motifs is 1. The van der Waals surface area contributed by atoms with Crippen LogP contribution in [-0.2, 0) is 0 Å². The van der Waals surface area contributed by atoms with Gasteiger partial charge in [-0.25, -0.2) is 9.94 Å². The molecule has 0 radical (unpaired) electrons. The van der Waals surface area contributed by atoms with Crippen LogP contribution in [0.1, 0.15) is 10.4 Å². The van der Waals surface area contributed by atoms with E-state index < -0.39 is 0 Å². The Morgan fingerprint density at radius 3 is 3.07 bits per heavy atom. The maximum absolute atomic E-state index is 11.9. The number of aromatic nitrogens is 2. The molecule has 2 aromatic rings. The van der Waals surface area contributed by atoms with E-state index in [1.54, 1.807) is 24.8 Å². The quantitative estimate of drug-likeness (QED) is 0.726. The van der Waals surface area contributed by atoms with Gasteiger partial charge in [0.05, 0.1) is 17.3 Å². The summed E-state index contributed by atoms with van der Waals surface area (Å²) in [5, 5.41) is 5.52. The highest BCUT2D eigenvalue weighted by molar-refractivity contribution is 6.00. The second kappa shape index (κ2) is 3.70. The van der Waals surface area contributed by atoms with Crippen LogP contribution in [0, 0.1) is 0 Å². The smallest absolute Gasteiger partial charge is 0.271 e. The number of pyridine rings is 1. The van der Waals surface area contributed by atoms with Gasteiger partial charge in [-0.2, -0.15) is 5.10 Å². The Labute approximate surface area is 87.3 Å². The Hall–Kier alpha value is -1.88. The average Bonchev–Trinajstić information content (AvgIpc) is 2.70. The monoisotopic (exact) mass is 204 g/mol. The molecule has 2 heterocycles. The normalized spacial score (nSPS) is 10.5. The molecule has 78 valence electrons. The molecule has 1 amide bonds. The Bertz CT molecular complexity index is 491. The van der Waals surface area contributed by atoms with Crippen molar-refractivity contribution >= 4 is 11.4 Å². The number of amides is 1. The van der Waals surface area contributed by atoms with Crippen LogP contribution in [0.15, 0.2) is 30.6 Å². The van der Waals surface area contributed by atoms with Gasteiger partial charge in [-0.1, -0.05) is 6.07 Å². The minimum atomic E-state index is -0.0984. The van der Waals surface area contributed by atoms with Crippen LogP contribution >= 0.6 is 0 Å². The van der Waals surface area contributed by atoms with Crippen molar-refractivity contribution in [2.45, 2.75) is 0 Å². The molecular formula is C10H12N4O. The van der Waals surface area contributed by atoms with Gasteiger partial charge in [-0.05, 0) is 12.1 Å². The van der Waals surface area contributed by atoms with Gasteiger partial charge in [-0.15, -0.1) is 0 Å². The van der Waals surface area contributed by atoms with Gasteiger partial charge in [0.15, 0.2) is 0 Å². The average molecular weight is 204 g/mol. The number of carbonyl (C=O) groups excluding carboxylic acids is 1. The van der Waals surface area contributed by atoms with Gasteiger partial charge in [-0.3, -0.25) is 9.80 Å². The SMILES string of the molecule is CNN(C)C(=O)c1cnn2ccccc12. The molecule has 0 atom stereocenters. The summed E-state index contributed by atoms with van der Waals surface area (Å²) in [4.78, 5) is 11.9. The van der Waals surface area contributed by atoms with E-state index in [1.165, 1.54) is 5.01 Å². The van der Waals surface area contributed by atoms with Gasteiger partial charge in [0.2, 0.25) is 0 Å². The van der Waals surface area contributed by atoms with E-state index in [1.807, 2.05) is 24.4 Å². The van der Waals surface area contributed by atoms with Crippen molar-refractivity contribution in [1.82, 2.24) is 20.0 Å². The van der Waals surface area contributed by atoms with Crippen molar-refractivity contribution in [3.63, 3.8) is 0 Å². The van der Waals surface area contributed by atoms with Crippen LogP contribution < -0.4 is 5.43 Å². The second-order valence-electron chi connectivity index (χ2n) is 3.18. The second-order valence-corrected chi connectivity index (χ2v) is 3.18. The lowest BCUT2D eigenvalue weighted by Crippen LogP contribution is -2.36. The highest BCUT2D eigenvalue weighted by Gasteiger charge is 2.15. The summed E-state index contributed by atoms with van der Waals surface area (Å²) in [5.74, 6) is -0.0984. The molecule has 0 fully saturated rings. The lowest BCUT2D eigenvalue weighted by Gasteiger charge is -2.13. The van der Waals surface area contributed by atoms with Crippen LogP contribution in [-0.4, -0.2) is 34.6 Å². The summed E-state index contributed by atoms with van der Waals surface area (Å²) in [6.45, 7) is 0. The molecule has 0 spiro atoms. The van der Waals surface area contributed by atoms with E-state index in [9.17, 15) is 4.79 Å².